The first-order valence-electron chi connectivity index (χ1n) is 3.45. The molecule has 1 aromatic rings. The highest BCUT2D eigenvalue weighted by molar-refractivity contribution is 6.04. The number of rotatable bonds is 2. The highest BCUT2D eigenvalue weighted by Crippen LogP contribution is 2.14. The Labute approximate surface area is 83.1 Å². The topological polar surface area (TPSA) is 115 Å². The molecule has 0 bridgehead atoms. The van der Waals surface area contributed by atoms with Gasteiger partial charge in [-0.25, -0.2) is 13.6 Å². The summed E-state index contributed by atoms with van der Waals surface area (Å²) < 4.78 is 25.2. The number of halogens is 2. The van der Waals surface area contributed by atoms with Crippen molar-refractivity contribution in [3.05, 3.63) is 34.9 Å². The van der Waals surface area contributed by atoms with Gasteiger partial charge in [-0.05, 0) is 12.1 Å². The average Bonchev–Trinajstić information content (AvgIpc) is 2.08. The van der Waals surface area contributed by atoms with Crippen LogP contribution in [0.5, 0.6) is 0 Å². The van der Waals surface area contributed by atoms with Crippen LogP contribution in [0, 0.1) is 11.6 Å². The van der Waals surface area contributed by atoms with Crippen LogP contribution in [-0.2, 0) is 0 Å². The molecule has 0 atom stereocenters. The first-order chi connectivity index (χ1) is 6.43. The lowest BCUT2D eigenvalue weighted by molar-refractivity contribution is 0.0691. The molecule has 5 nitrogen and oxygen atoms in total. The molecular weight excluding hydrogens is 210 g/mol. The molecule has 0 saturated carbocycles. The van der Waals surface area contributed by atoms with Crippen molar-refractivity contribution in [2.75, 3.05) is 0 Å². The molecule has 0 radical (unpaired) electrons. The summed E-state index contributed by atoms with van der Waals surface area (Å²) in [7, 11) is 0. The van der Waals surface area contributed by atoms with Gasteiger partial charge in [0.05, 0.1) is 11.1 Å². The monoisotopic (exact) mass is 218 g/mol. The fraction of sp³-hybridized carbons (Fsp3) is 0. The van der Waals surface area contributed by atoms with E-state index >= 15 is 0 Å². The highest BCUT2D eigenvalue weighted by atomic mass is 19.2. The molecular formula is C8H8F2N2O3. The minimum absolute atomic E-state index is 0. The molecule has 1 amide bonds. The maximum atomic E-state index is 12.6. The Bertz CT molecular complexity index is 382. The van der Waals surface area contributed by atoms with E-state index in [1.807, 2.05) is 0 Å². The summed E-state index contributed by atoms with van der Waals surface area (Å²) in [6, 6.07) is 0.874. The molecule has 1 rings (SSSR count). The third-order valence-corrected chi connectivity index (χ3v) is 1.56. The van der Waals surface area contributed by atoms with Crippen LogP contribution in [0.1, 0.15) is 20.7 Å². The van der Waals surface area contributed by atoms with Gasteiger partial charge in [-0.2, -0.15) is 0 Å². The molecule has 7 heteroatoms. The Morgan fingerprint density at radius 2 is 1.53 bits per heavy atom. The Hall–Kier alpha value is -2.02. The Kier molecular flexibility index (Phi) is 3.87. The Balaban J connectivity index is 0.00000196. The molecule has 1 aromatic carbocycles. The van der Waals surface area contributed by atoms with Crippen molar-refractivity contribution in [1.82, 2.24) is 6.15 Å². The zero-order valence-electron chi connectivity index (χ0n) is 7.46. The number of hydrogen-bond donors (Lipinski definition) is 3. The number of primary amides is 1. The van der Waals surface area contributed by atoms with E-state index in [-0.39, 0.29) is 6.15 Å². The Morgan fingerprint density at radius 1 is 1.13 bits per heavy atom. The second-order valence-electron chi connectivity index (χ2n) is 2.48. The summed E-state index contributed by atoms with van der Waals surface area (Å²) in [5, 5.41) is 8.53. The lowest BCUT2D eigenvalue weighted by atomic mass is 10.1. The van der Waals surface area contributed by atoms with Crippen LogP contribution in [0.3, 0.4) is 0 Å². The van der Waals surface area contributed by atoms with Crippen molar-refractivity contribution in [2.45, 2.75) is 0 Å². The van der Waals surface area contributed by atoms with E-state index in [1.54, 1.807) is 0 Å². The number of nitrogens with two attached hydrogens (primary N) is 1. The quantitative estimate of drug-likeness (QED) is 0.684. The molecule has 0 fully saturated rings. The summed E-state index contributed by atoms with van der Waals surface area (Å²) in [6.45, 7) is 0. The largest absolute Gasteiger partial charge is 0.478 e. The van der Waals surface area contributed by atoms with Crippen LogP contribution in [0.15, 0.2) is 12.1 Å². The summed E-state index contributed by atoms with van der Waals surface area (Å²) >= 11 is 0. The fourth-order valence-electron chi connectivity index (χ4n) is 0.928. The molecule has 0 aliphatic rings. The number of aromatic carboxylic acids is 1. The molecule has 0 spiro atoms. The molecule has 0 aliphatic carbocycles. The standard InChI is InChI=1S/C8H5F2NO3.H3N/c9-5-1-3(7(11)12)4(8(13)14)2-6(5)10;/h1-2H,(H2,11,12)(H,13,14);1H3. The van der Waals surface area contributed by atoms with E-state index in [4.69, 9.17) is 10.8 Å². The third-order valence-electron chi connectivity index (χ3n) is 1.56. The molecule has 0 unspecified atom stereocenters. The lowest BCUT2D eigenvalue weighted by Crippen LogP contribution is -2.17. The number of amides is 1. The zero-order valence-corrected chi connectivity index (χ0v) is 7.46. The second kappa shape index (κ2) is 4.47. The first kappa shape index (κ1) is 13.0. The van der Waals surface area contributed by atoms with Crippen LogP contribution < -0.4 is 11.9 Å². The molecule has 0 aromatic heterocycles. The maximum Gasteiger partial charge on any atom is 0.336 e. The van der Waals surface area contributed by atoms with Gasteiger partial charge in [0.25, 0.3) is 0 Å². The Morgan fingerprint density at radius 3 is 1.87 bits per heavy atom. The van der Waals surface area contributed by atoms with Crippen LogP contribution in [-0.4, -0.2) is 17.0 Å². The minimum atomic E-state index is -1.54. The van der Waals surface area contributed by atoms with E-state index in [1.165, 1.54) is 0 Å². The number of hydrogen-bond acceptors (Lipinski definition) is 3. The number of carbonyl (C=O) groups excluding carboxylic acids is 1. The van der Waals surface area contributed by atoms with Gasteiger partial charge in [-0.1, -0.05) is 0 Å². The third kappa shape index (κ3) is 2.47. The zero-order chi connectivity index (χ0) is 10.9. The predicted molar refractivity (Wildman–Crippen MR) is 46.9 cm³/mol. The van der Waals surface area contributed by atoms with Crippen molar-refractivity contribution in [1.29, 1.82) is 0 Å². The second-order valence-corrected chi connectivity index (χ2v) is 2.48. The van der Waals surface area contributed by atoms with Gasteiger partial charge < -0.3 is 17.0 Å². The van der Waals surface area contributed by atoms with E-state index in [0.29, 0.717) is 12.1 Å². The van der Waals surface area contributed by atoms with Crippen LogP contribution in [0.4, 0.5) is 8.78 Å². The van der Waals surface area contributed by atoms with Gasteiger partial charge in [0.15, 0.2) is 11.6 Å². The van der Waals surface area contributed by atoms with Crippen molar-refractivity contribution in [2.24, 2.45) is 5.73 Å². The van der Waals surface area contributed by atoms with Gasteiger partial charge >= 0.3 is 5.97 Å². The summed E-state index contributed by atoms with van der Waals surface area (Å²) in [5.41, 5.74) is 3.56. The average molecular weight is 218 g/mol. The predicted octanol–water partition coefficient (Wildman–Crippen LogP) is 0.924. The maximum absolute atomic E-state index is 12.6. The van der Waals surface area contributed by atoms with E-state index < -0.39 is 34.6 Å². The van der Waals surface area contributed by atoms with Gasteiger partial charge in [-0.3, -0.25) is 4.79 Å². The lowest BCUT2D eigenvalue weighted by Gasteiger charge is -2.02. The molecule has 15 heavy (non-hydrogen) atoms. The molecule has 0 aliphatic heterocycles. The SMILES string of the molecule is N.NC(=O)c1cc(F)c(F)cc1C(=O)O. The van der Waals surface area contributed by atoms with Crippen LogP contribution in [0.25, 0.3) is 0 Å². The van der Waals surface area contributed by atoms with Crippen molar-refractivity contribution in [3.63, 3.8) is 0 Å². The van der Waals surface area contributed by atoms with Crippen LogP contribution >= 0.6 is 0 Å². The molecule has 6 N–H and O–H groups in total. The van der Waals surface area contributed by atoms with Gasteiger partial charge in [-0.15, -0.1) is 0 Å². The van der Waals surface area contributed by atoms with E-state index in [9.17, 15) is 18.4 Å². The van der Waals surface area contributed by atoms with E-state index in [2.05, 4.69) is 0 Å². The minimum Gasteiger partial charge on any atom is -0.478 e. The number of carboxylic acids is 1. The molecule has 82 valence electrons. The van der Waals surface area contributed by atoms with Gasteiger partial charge in [0, 0.05) is 0 Å². The van der Waals surface area contributed by atoms with E-state index in [0.717, 1.165) is 0 Å². The molecule has 0 heterocycles. The summed E-state index contributed by atoms with van der Waals surface area (Å²) in [4.78, 5) is 21.2. The smallest absolute Gasteiger partial charge is 0.336 e. The number of carbonyl (C=O) groups is 2. The van der Waals surface area contributed by atoms with Gasteiger partial charge in [0.1, 0.15) is 0 Å². The normalized spacial score (nSPS) is 9.20. The molecule has 0 saturated heterocycles. The van der Waals surface area contributed by atoms with Gasteiger partial charge in [0.2, 0.25) is 5.91 Å². The summed E-state index contributed by atoms with van der Waals surface area (Å²) in [5.74, 6) is -5.32. The van der Waals surface area contributed by atoms with Crippen molar-refractivity contribution in [3.8, 4) is 0 Å². The van der Waals surface area contributed by atoms with Crippen molar-refractivity contribution >= 4 is 11.9 Å². The highest BCUT2D eigenvalue weighted by Gasteiger charge is 2.18. The first-order valence-corrected chi connectivity index (χ1v) is 3.45. The number of benzene rings is 1. The van der Waals surface area contributed by atoms with Crippen LogP contribution in [0.2, 0.25) is 0 Å². The fourth-order valence-corrected chi connectivity index (χ4v) is 0.928. The summed E-state index contributed by atoms with van der Waals surface area (Å²) in [6.07, 6.45) is 0. The van der Waals surface area contributed by atoms with Crippen molar-refractivity contribution < 1.29 is 23.5 Å². The number of carboxylic acid groups (broad SMARTS) is 1.